The number of fused-ring (bicyclic) bond motifs is 2. The van der Waals surface area contributed by atoms with E-state index in [-0.39, 0.29) is 35.3 Å². The first kappa shape index (κ1) is 14.5. The van der Waals surface area contributed by atoms with Crippen LogP contribution in [0.4, 0.5) is 0 Å². The van der Waals surface area contributed by atoms with Crippen LogP contribution >= 0.6 is 0 Å². The smallest absolute Gasteiger partial charge is 0.162 e. The number of rotatable bonds is 1. The van der Waals surface area contributed by atoms with Gasteiger partial charge in [-0.1, -0.05) is 18.2 Å². The van der Waals surface area contributed by atoms with Gasteiger partial charge in [-0.3, -0.25) is 9.59 Å². The zero-order chi connectivity index (χ0) is 16.0. The van der Waals surface area contributed by atoms with Gasteiger partial charge in [0, 0.05) is 36.3 Å². The molecule has 0 saturated heterocycles. The molecule has 4 rings (SSSR count). The summed E-state index contributed by atoms with van der Waals surface area (Å²) in [5.41, 5.74) is 1.32. The molecule has 4 heteroatoms. The van der Waals surface area contributed by atoms with E-state index in [0.717, 1.165) is 24.2 Å². The molecule has 0 spiro atoms. The fourth-order valence-corrected chi connectivity index (χ4v) is 4.30. The highest BCUT2D eigenvalue weighted by molar-refractivity contribution is 6.00. The van der Waals surface area contributed by atoms with Crippen LogP contribution in [-0.4, -0.2) is 22.8 Å². The van der Waals surface area contributed by atoms with Crippen molar-refractivity contribution in [2.24, 2.45) is 5.92 Å². The molecule has 1 aliphatic heterocycles. The topological polar surface area (TPSA) is 63.6 Å². The highest BCUT2D eigenvalue weighted by atomic mass is 16.5. The molecule has 1 N–H and O–H groups in total. The molecule has 4 nitrogen and oxygen atoms in total. The predicted molar refractivity (Wildman–Crippen MR) is 84.5 cm³/mol. The lowest BCUT2D eigenvalue weighted by Gasteiger charge is -2.42. The molecule has 1 aromatic rings. The number of allylic oxidation sites excluding steroid dienone is 2. The molecule has 0 amide bonds. The molecule has 23 heavy (non-hydrogen) atoms. The van der Waals surface area contributed by atoms with E-state index in [9.17, 15) is 14.7 Å². The van der Waals surface area contributed by atoms with Gasteiger partial charge in [0.2, 0.25) is 0 Å². The molecule has 3 aliphatic rings. The van der Waals surface area contributed by atoms with Crippen molar-refractivity contribution >= 4 is 11.6 Å². The average Bonchev–Trinajstić information content (AvgIpc) is 2.54. The zero-order valence-corrected chi connectivity index (χ0v) is 13.0. The minimum atomic E-state index is -0.356. The van der Waals surface area contributed by atoms with Crippen molar-refractivity contribution in [2.45, 2.75) is 50.5 Å². The van der Waals surface area contributed by atoms with Crippen molar-refractivity contribution in [2.75, 3.05) is 0 Å². The van der Waals surface area contributed by atoms with E-state index in [1.807, 2.05) is 24.3 Å². The highest BCUT2D eigenvalue weighted by Gasteiger charge is 2.48. The fourth-order valence-electron chi connectivity index (χ4n) is 4.30. The Labute approximate surface area is 135 Å². The normalized spacial score (nSPS) is 30.5. The molecule has 1 aromatic carbocycles. The van der Waals surface area contributed by atoms with Gasteiger partial charge in [0.1, 0.15) is 17.6 Å². The Morgan fingerprint density at radius 1 is 1.04 bits per heavy atom. The monoisotopic (exact) mass is 312 g/mol. The minimum Gasteiger partial charge on any atom is -0.512 e. The number of ketones is 2. The van der Waals surface area contributed by atoms with Gasteiger partial charge >= 0.3 is 0 Å². The Morgan fingerprint density at radius 3 is 2.70 bits per heavy atom. The van der Waals surface area contributed by atoms with Crippen molar-refractivity contribution in [3.8, 4) is 5.75 Å². The lowest BCUT2D eigenvalue weighted by Crippen LogP contribution is -2.45. The van der Waals surface area contributed by atoms with Crippen LogP contribution in [0.2, 0.25) is 0 Å². The largest absolute Gasteiger partial charge is 0.512 e. The van der Waals surface area contributed by atoms with Crippen molar-refractivity contribution in [1.82, 2.24) is 0 Å². The number of Topliss-reactive ketones (excluding diaryl/α,β-unsaturated/α-hetero) is 2. The maximum Gasteiger partial charge on any atom is 0.162 e. The molecule has 1 fully saturated rings. The Kier molecular flexibility index (Phi) is 3.47. The van der Waals surface area contributed by atoms with Crippen molar-refractivity contribution in [3.05, 3.63) is 41.2 Å². The number of aliphatic hydroxyl groups is 1. The molecule has 0 bridgehead atoms. The Bertz CT molecular complexity index is 703. The SMILES string of the molecule is O=C1CCCC(O)=C1[C@@H]1c2ccccc2O[C@@H]2CCCC(=O)[C@@H]12. The van der Waals surface area contributed by atoms with E-state index in [0.29, 0.717) is 31.3 Å². The van der Waals surface area contributed by atoms with Crippen LogP contribution < -0.4 is 4.74 Å². The lowest BCUT2D eigenvalue weighted by atomic mass is 9.67. The molecule has 0 aromatic heterocycles. The maximum atomic E-state index is 12.6. The molecular weight excluding hydrogens is 292 g/mol. The Hall–Kier alpha value is -2.10. The van der Waals surface area contributed by atoms with Gasteiger partial charge in [-0.05, 0) is 25.3 Å². The number of para-hydroxylation sites is 1. The standard InChI is InChI=1S/C19H20O4/c20-12-6-3-7-13(21)18(12)17-11-5-1-2-9-15(11)23-16-10-4-8-14(22)19(16)17/h1-2,5,9,16-17,19-20H,3-4,6-8,10H2/t16-,17+,19-/m1/s1. The predicted octanol–water partition coefficient (Wildman–Crippen LogP) is 3.47. The van der Waals surface area contributed by atoms with Crippen LogP contribution in [0.3, 0.4) is 0 Å². The van der Waals surface area contributed by atoms with E-state index in [4.69, 9.17) is 4.74 Å². The number of carbonyl (C=O) groups is 2. The van der Waals surface area contributed by atoms with Crippen molar-refractivity contribution in [3.63, 3.8) is 0 Å². The van der Waals surface area contributed by atoms with Gasteiger partial charge in [0.05, 0.1) is 11.7 Å². The first-order valence-corrected chi connectivity index (χ1v) is 8.40. The van der Waals surface area contributed by atoms with E-state index < -0.39 is 0 Å². The van der Waals surface area contributed by atoms with Crippen LogP contribution in [0, 0.1) is 5.92 Å². The second-order valence-electron chi connectivity index (χ2n) is 6.69. The van der Waals surface area contributed by atoms with E-state index in [2.05, 4.69) is 0 Å². The maximum absolute atomic E-state index is 12.6. The van der Waals surface area contributed by atoms with Gasteiger partial charge < -0.3 is 9.84 Å². The number of ether oxygens (including phenoxy) is 1. The van der Waals surface area contributed by atoms with Crippen LogP contribution in [-0.2, 0) is 9.59 Å². The molecule has 0 radical (unpaired) electrons. The summed E-state index contributed by atoms with van der Waals surface area (Å²) in [6.07, 6.45) is 3.65. The van der Waals surface area contributed by atoms with Crippen LogP contribution in [0.25, 0.3) is 0 Å². The van der Waals surface area contributed by atoms with Crippen LogP contribution in [0.15, 0.2) is 35.6 Å². The van der Waals surface area contributed by atoms with Crippen molar-refractivity contribution < 1.29 is 19.4 Å². The third-order valence-electron chi connectivity index (χ3n) is 5.32. The molecule has 120 valence electrons. The molecule has 1 saturated carbocycles. The summed E-state index contributed by atoms with van der Waals surface area (Å²) in [5.74, 6) is 0.336. The first-order valence-electron chi connectivity index (χ1n) is 8.40. The summed E-state index contributed by atoms with van der Waals surface area (Å²) in [7, 11) is 0. The summed E-state index contributed by atoms with van der Waals surface area (Å²) in [6, 6.07) is 7.61. The highest BCUT2D eigenvalue weighted by Crippen LogP contribution is 2.49. The molecule has 3 atom stereocenters. The summed E-state index contributed by atoms with van der Waals surface area (Å²) >= 11 is 0. The van der Waals surface area contributed by atoms with Crippen LogP contribution in [0.1, 0.15) is 50.0 Å². The van der Waals surface area contributed by atoms with Crippen molar-refractivity contribution in [1.29, 1.82) is 0 Å². The van der Waals surface area contributed by atoms with E-state index in [1.165, 1.54) is 0 Å². The Morgan fingerprint density at radius 2 is 1.87 bits per heavy atom. The van der Waals surface area contributed by atoms with Gasteiger partial charge in [-0.2, -0.15) is 0 Å². The average molecular weight is 312 g/mol. The first-order chi connectivity index (χ1) is 11.2. The number of hydrogen-bond donors (Lipinski definition) is 1. The Balaban J connectivity index is 1.90. The third kappa shape index (κ3) is 2.28. The zero-order valence-electron chi connectivity index (χ0n) is 13.0. The van der Waals surface area contributed by atoms with Gasteiger partial charge in [0.15, 0.2) is 5.78 Å². The number of hydrogen-bond acceptors (Lipinski definition) is 4. The molecular formula is C19H20O4. The van der Waals surface area contributed by atoms with E-state index >= 15 is 0 Å². The molecule has 0 unspecified atom stereocenters. The number of benzene rings is 1. The lowest BCUT2D eigenvalue weighted by molar-refractivity contribution is -0.130. The quantitative estimate of drug-likeness (QED) is 0.862. The number of carbonyl (C=O) groups excluding carboxylic acids is 2. The number of aliphatic hydroxyl groups excluding tert-OH is 1. The van der Waals surface area contributed by atoms with Gasteiger partial charge in [-0.25, -0.2) is 0 Å². The summed E-state index contributed by atoms with van der Waals surface area (Å²) in [5, 5.41) is 10.4. The second kappa shape index (κ2) is 5.52. The fraction of sp³-hybridized carbons (Fsp3) is 0.474. The summed E-state index contributed by atoms with van der Waals surface area (Å²) < 4.78 is 6.06. The summed E-state index contributed by atoms with van der Waals surface area (Å²) in [4.78, 5) is 25.1. The second-order valence-corrected chi connectivity index (χ2v) is 6.69. The molecule has 1 heterocycles. The third-order valence-corrected chi connectivity index (χ3v) is 5.32. The van der Waals surface area contributed by atoms with E-state index in [1.54, 1.807) is 0 Å². The van der Waals surface area contributed by atoms with Gasteiger partial charge in [-0.15, -0.1) is 0 Å². The van der Waals surface area contributed by atoms with Gasteiger partial charge in [0.25, 0.3) is 0 Å². The minimum absolute atomic E-state index is 0.0208. The molecule has 2 aliphatic carbocycles. The van der Waals surface area contributed by atoms with Crippen LogP contribution in [0.5, 0.6) is 5.75 Å². The summed E-state index contributed by atoms with van der Waals surface area (Å²) in [6.45, 7) is 0.